The minimum absolute atomic E-state index is 0.00429. The van der Waals surface area contributed by atoms with Gasteiger partial charge in [0.25, 0.3) is 5.69 Å². The second-order valence-corrected chi connectivity index (χ2v) is 5.01. The molecule has 0 aromatic heterocycles. The molecule has 2 aromatic carbocycles. The Kier molecular flexibility index (Phi) is 4.65. The van der Waals surface area contributed by atoms with Crippen LogP contribution in [-0.2, 0) is 6.54 Å². The van der Waals surface area contributed by atoms with Crippen LogP contribution in [0, 0.1) is 17.0 Å². The fourth-order valence-electron chi connectivity index (χ4n) is 2.06. The first-order valence-corrected chi connectivity index (χ1v) is 6.70. The van der Waals surface area contributed by atoms with E-state index in [-0.39, 0.29) is 5.69 Å². The smallest absolute Gasteiger partial charge is 0.292 e. The molecule has 0 fully saturated rings. The van der Waals surface area contributed by atoms with Crippen LogP contribution in [0.2, 0.25) is 5.02 Å². The number of ether oxygens (including phenoxy) is 1. The Bertz CT molecular complexity index is 674. The highest BCUT2D eigenvalue weighted by Crippen LogP contribution is 2.28. The van der Waals surface area contributed by atoms with Crippen molar-refractivity contribution in [2.75, 3.05) is 12.4 Å². The first-order chi connectivity index (χ1) is 10.0. The Morgan fingerprint density at radius 3 is 2.67 bits per heavy atom. The van der Waals surface area contributed by atoms with Crippen molar-refractivity contribution in [2.45, 2.75) is 13.5 Å². The second-order valence-electron chi connectivity index (χ2n) is 4.58. The Morgan fingerprint density at radius 2 is 2.05 bits per heavy atom. The summed E-state index contributed by atoms with van der Waals surface area (Å²) in [5.41, 5.74) is 2.42. The van der Waals surface area contributed by atoms with Crippen LogP contribution >= 0.6 is 11.6 Å². The third-order valence-corrected chi connectivity index (χ3v) is 3.33. The summed E-state index contributed by atoms with van der Waals surface area (Å²) in [6.45, 7) is 2.41. The van der Waals surface area contributed by atoms with Gasteiger partial charge < -0.3 is 10.1 Å². The number of methoxy groups -OCH3 is 1. The molecule has 6 heteroatoms. The molecule has 0 bridgehead atoms. The van der Waals surface area contributed by atoms with Gasteiger partial charge in [0, 0.05) is 17.6 Å². The Morgan fingerprint density at radius 1 is 1.29 bits per heavy atom. The number of halogens is 1. The monoisotopic (exact) mass is 306 g/mol. The summed E-state index contributed by atoms with van der Waals surface area (Å²) in [5.74, 6) is 0.812. The predicted octanol–water partition coefficient (Wildman–Crippen LogP) is 4.18. The molecule has 0 aliphatic rings. The molecule has 0 atom stereocenters. The van der Waals surface area contributed by atoms with Crippen LogP contribution in [0.1, 0.15) is 11.1 Å². The lowest BCUT2D eigenvalue weighted by atomic mass is 10.1. The summed E-state index contributed by atoms with van der Waals surface area (Å²) in [5, 5.41) is 14.5. The molecule has 0 saturated carbocycles. The highest BCUT2D eigenvalue weighted by Gasteiger charge is 2.13. The lowest BCUT2D eigenvalue weighted by Gasteiger charge is -2.10. The van der Waals surface area contributed by atoms with Gasteiger partial charge >= 0.3 is 0 Å². The Balaban J connectivity index is 2.18. The number of nitrogens with zero attached hydrogens (tertiary/aromatic N) is 1. The van der Waals surface area contributed by atoms with Crippen molar-refractivity contribution in [1.82, 2.24) is 0 Å². The van der Waals surface area contributed by atoms with Gasteiger partial charge in [-0.15, -0.1) is 0 Å². The van der Waals surface area contributed by atoms with E-state index < -0.39 is 4.92 Å². The third-order valence-electron chi connectivity index (χ3n) is 3.10. The number of aryl methyl sites for hydroxylation is 1. The van der Waals surface area contributed by atoms with Crippen LogP contribution in [0.4, 0.5) is 11.4 Å². The molecule has 5 nitrogen and oxygen atoms in total. The number of nitrogens with one attached hydrogen (secondary N) is 1. The van der Waals surface area contributed by atoms with Crippen LogP contribution < -0.4 is 10.1 Å². The molecule has 0 unspecified atom stereocenters. The minimum Gasteiger partial charge on any atom is -0.496 e. The van der Waals surface area contributed by atoms with E-state index in [9.17, 15) is 10.1 Å². The molecular formula is C15H15ClN2O3. The van der Waals surface area contributed by atoms with E-state index in [4.69, 9.17) is 16.3 Å². The molecule has 0 amide bonds. The lowest BCUT2D eigenvalue weighted by molar-refractivity contribution is -0.384. The zero-order valence-electron chi connectivity index (χ0n) is 11.7. The SMILES string of the molecule is COc1ccc(CNc2cc(Cl)ccc2[N+](=O)[O-])cc1C. The minimum atomic E-state index is -0.433. The van der Waals surface area contributed by atoms with Gasteiger partial charge in [0.15, 0.2) is 0 Å². The second kappa shape index (κ2) is 6.45. The van der Waals surface area contributed by atoms with Gasteiger partial charge in [-0.2, -0.15) is 0 Å². The Hall–Kier alpha value is -2.27. The Labute approximate surface area is 127 Å². The molecule has 0 aliphatic heterocycles. The largest absolute Gasteiger partial charge is 0.496 e. The van der Waals surface area contributed by atoms with Gasteiger partial charge in [-0.25, -0.2) is 0 Å². The molecule has 0 radical (unpaired) electrons. The summed E-state index contributed by atoms with van der Waals surface area (Å²) in [6, 6.07) is 10.2. The highest BCUT2D eigenvalue weighted by atomic mass is 35.5. The lowest BCUT2D eigenvalue weighted by Crippen LogP contribution is -2.03. The van der Waals surface area contributed by atoms with Gasteiger partial charge in [0.1, 0.15) is 11.4 Å². The van der Waals surface area contributed by atoms with Crippen molar-refractivity contribution in [3.05, 3.63) is 62.7 Å². The maximum Gasteiger partial charge on any atom is 0.292 e. The fourth-order valence-corrected chi connectivity index (χ4v) is 2.23. The standard InChI is InChI=1S/C15H15ClN2O3/c1-10-7-11(3-6-15(10)21-2)9-17-13-8-12(16)4-5-14(13)18(19)20/h3-8,17H,9H2,1-2H3. The van der Waals surface area contributed by atoms with Crippen LogP contribution in [-0.4, -0.2) is 12.0 Å². The van der Waals surface area contributed by atoms with E-state index >= 15 is 0 Å². The average molecular weight is 307 g/mol. The maximum absolute atomic E-state index is 11.0. The van der Waals surface area contributed by atoms with Crippen molar-refractivity contribution >= 4 is 23.0 Å². The van der Waals surface area contributed by atoms with E-state index in [1.54, 1.807) is 13.2 Å². The normalized spacial score (nSPS) is 10.2. The van der Waals surface area contributed by atoms with Gasteiger partial charge in [0.2, 0.25) is 0 Å². The fraction of sp³-hybridized carbons (Fsp3) is 0.200. The van der Waals surface area contributed by atoms with Gasteiger partial charge in [-0.3, -0.25) is 10.1 Å². The first-order valence-electron chi connectivity index (χ1n) is 6.32. The number of anilines is 1. The number of nitro benzene ring substituents is 1. The van der Waals surface area contributed by atoms with E-state index in [2.05, 4.69) is 5.32 Å². The van der Waals surface area contributed by atoms with Crippen molar-refractivity contribution in [2.24, 2.45) is 0 Å². The molecule has 0 heterocycles. The molecule has 2 aromatic rings. The summed E-state index contributed by atoms with van der Waals surface area (Å²) in [7, 11) is 1.62. The van der Waals surface area contributed by atoms with E-state index in [0.717, 1.165) is 16.9 Å². The topological polar surface area (TPSA) is 64.4 Å². The van der Waals surface area contributed by atoms with Crippen LogP contribution in [0.25, 0.3) is 0 Å². The van der Waals surface area contributed by atoms with Crippen LogP contribution in [0.5, 0.6) is 5.75 Å². The predicted molar refractivity (Wildman–Crippen MR) is 83.2 cm³/mol. The summed E-state index contributed by atoms with van der Waals surface area (Å²) in [6.07, 6.45) is 0. The maximum atomic E-state index is 11.0. The number of hydrogen-bond acceptors (Lipinski definition) is 4. The number of rotatable bonds is 5. The molecule has 0 spiro atoms. The molecular weight excluding hydrogens is 292 g/mol. The molecule has 110 valence electrons. The van der Waals surface area contributed by atoms with Crippen LogP contribution in [0.15, 0.2) is 36.4 Å². The summed E-state index contributed by atoms with van der Waals surface area (Å²) < 4.78 is 5.20. The van der Waals surface area contributed by atoms with Crippen molar-refractivity contribution in [3.63, 3.8) is 0 Å². The highest BCUT2D eigenvalue weighted by molar-refractivity contribution is 6.31. The quantitative estimate of drug-likeness (QED) is 0.665. The number of benzene rings is 2. The molecule has 0 aliphatic carbocycles. The molecule has 21 heavy (non-hydrogen) atoms. The molecule has 2 rings (SSSR count). The van der Waals surface area contributed by atoms with E-state index in [0.29, 0.717) is 17.3 Å². The van der Waals surface area contributed by atoms with E-state index in [1.807, 2.05) is 25.1 Å². The zero-order chi connectivity index (χ0) is 15.4. The summed E-state index contributed by atoms with van der Waals surface area (Å²) in [4.78, 5) is 10.6. The van der Waals surface area contributed by atoms with Gasteiger partial charge in [-0.05, 0) is 36.2 Å². The van der Waals surface area contributed by atoms with Crippen molar-refractivity contribution < 1.29 is 9.66 Å². The van der Waals surface area contributed by atoms with Crippen molar-refractivity contribution in [3.8, 4) is 5.75 Å². The molecule has 1 N–H and O–H groups in total. The third kappa shape index (κ3) is 3.64. The van der Waals surface area contributed by atoms with Crippen molar-refractivity contribution in [1.29, 1.82) is 0 Å². The summed E-state index contributed by atoms with van der Waals surface area (Å²) >= 11 is 5.89. The molecule has 0 saturated heterocycles. The van der Waals surface area contributed by atoms with Crippen LogP contribution in [0.3, 0.4) is 0 Å². The number of nitro groups is 1. The average Bonchev–Trinajstić information content (AvgIpc) is 2.45. The van der Waals surface area contributed by atoms with Gasteiger partial charge in [0.05, 0.1) is 12.0 Å². The number of hydrogen-bond donors (Lipinski definition) is 1. The zero-order valence-corrected chi connectivity index (χ0v) is 12.5. The van der Waals surface area contributed by atoms with E-state index in [1.165, 1.54) is 12.1 Å². The first kappa shape index (κ1) is 15.1. The van der Waals surface area contributed by atoms with Gasteiger partial charge in [-0.1, -0.05) is 23.7 Å².